The minimum Gasteiger partial charge on any atom is -0.481 e. The van der Waals surface area contributed by atoms with Crippen LogP contribution in [0.25, 0.3) is 0 Å². The lowest BCUT2D eigenvalue weighted by molar-refractivity contribution is -0.275. The summed E-state index contributed by atoms with van der Waals surface area (Å²) >= 11 is 0. The van der Waals surface area contributed by atoms with Crippen LogP contribution in [-0.4, -0.2) is 85.7 Å². The molecule has 0 saturated carbocycles. The minimum absolute atomic E-state index is 0.344. The molecule has 1 saturated heterocycles. The first-order valence-electron chi connectivity index (χ1n) is 6.27. The maximum Gasteiger partial charge on any atom is 0.317 e. The molecule has 126 valence electrons. The predicted octanol–water partition coefficient (Wildman–Crippen LogP) is -3.92. The number of rotatable bonds is 6. The average molecular weight is 323 g/mol. The van der Waals surface area contributed by atoms with E-state index in [0.717, 1.165) is 0 Å². The molecule has 0 aliphatic carbocycles. The molecule has 1 aliphatic heterocycles. The van der Waals surface area contributed by atoms with Gasteiger partial charge in [-0.15, -0.1) is 0 Å². The number of aliphatic hydroxyl groups excluding tert-OH is 4. The molecular weight excluding hydrogens is 306 g/mol. The monoisotopic (exact) mass is 323 g/mol. The zero-order valence-corrected chi connectivity index (χ0v) is 11.2. The quantitative estimate of drug-likeness (QED) is 0.237. The fourth-order valence-electron chi connectivity index (χ4n) is 1.87. The van der Waals surface area contributed by atoms with Gasteiger partial charge in [0.15, 0.2) is 18.3 Å². The Kier molecular flexibility index (Phi) is 6.20. The Morgan fingerprint density at radius 3 is 2.00 bits per heavy atom. The van der Waals surface area contributed by atoms with Gasteiger partial charge in [0, 0.05) is 6.54 Å². The molecule has 0 bridgehead atoms. The third-order valence-corrected chi connectivity index (χ3v) is 3.18. The molecule has 1 amide bonds. The highest BCUT2D eigenvalue weighted by molar-refractivity contribution is 5.92. The second-order valence-electron chi connectivity index (χ2n) is 4.73. The van der Waals surface area contributed by atoms with E-state index >= 15 is 0 Å². The average Bonchev–Trinajstić information content (AvgIpc) is 2.44. The summed E-state index contributed by atoms with van der Waals surface area (Å²) in [6.07, 6.45) is -9.41. The molecular formula is C11H17NO10. The van der Waals surface area contributed by atoms with Crippen LogP contribution in [-0.2, 0) is 19.1 Å². The first kappa shape index (κ1) is 18.3. The molecule has 1 aliphatic rings. The lowest BCUT2D eigenvalue weighted by atomic mass is 9.98. The largest absolute Gasteiger partial charge is 0.481 e. The molecule has 1 fully saturated rings. The normalized spacial score (nSPS) is 31.8. The summed E-state index contributed by atoms with van der Waals surface area (Å²) in [5, 5.41) is 56.9. The van der Waals surface area contributed by atoms with Crippen LogP contribution >= 0.6 is 0 Å². The molecule has 1 rings (SSSR count). The Bertz CT molecular complexity index is 427. The topological polar surface area (TPSA) is 194 Å². The number of hydrogen-bond acceptors (Lipinski definition) is 8. The number of aliphatic carboxylic acids is 2. The van der Waals surface area contributed by atoms with Crippen LogP contribution in [0.5, 0.6) is 0 Å². The van der Waals surface area contributed by atoms with Gasteiger partial charge in [-0.2, -0.15) is 0 Å². The Morgan fingerprint density at radius 2 is 1.50 bits per heavy atom. The van der Waals surface area contributed by atoms with Gasteiger partial charge in [-0.05, 0) is 6.42 Å². The fraction of sp³-hybridized carbons (Fsp3) is 0.727. The summed E-state index contributed by atoms with van der Waals surface area (Å²) < 4.78 is 4.65. The van der Waals surface area contributed by atoms with Crippen molar-refractivity contribution in [1.29, 1.82) is 0 Å². The second kappa shape index (κ2) is 7.47. The van der Waals surface area contributed by atoms with Gasteiger partial charge in [-0.25, -0.2) is 0 Å². The third-order valence-electron chi connectivity index (χ3n) is 3.18. The van der Waals surface area contributed by atoms with E-state index in [4.69, 9.17) is 10.2 Å². The van der Waals surface area contributed by atoms with Crippen molar-refractivity contribution < 1.29 is 49.8 Å². The van der Waals surface area contributed by atoms with Gasteiger partial charge < -0.3 is 40.7 Å². The Hall–Kier alpha value is -1.79. The minimum atomic E-state index is -1.89. The van der Waals surface area contributed by atoms with E-state index in [-0.39, 0.29) is 6.54 Å². The zero-order chi connectivity index (χ0) is 17.0. The standard InChI is InChI=1S/C11H17NO10/c13-4-5(14)7(22-11(21)6(4)15)8(16)12-2-1-3(9(17)18)10(19)20/h3-7,11,13-15,21H,1-2H2,(H,12,16)(H,17,18)(H,19,20)/t4-,5-,6+,7-,11?/m0/s1. The summed E-state index contributed by atoms with van der Waals surface area (Å²) in [6.45, 7) is -0.344. The van der Waals surface area contributed by atoms with Gasteiger partial charge in [0.2, 0.25) is 0 Å². The number of carbonyl (C=O) groups excluding carboxylic acids is 1. The van der Waals surface area contributed by atoms with Crippen molar-refractivity contribution in [1.82, 2.24) is 5.32 Å². The molecule has 1 heterocycles. The van der Waals surface area contributed by atoms with Gasteiger partial charge in [0.25, 0.3) is 5.91 Å². The highest BCUT2D eigenvalue weighted by Gasteiger charge is 2.46. The first-order valence-corrected chi connectivity index (χ1v) is 6.27. The molecule has 7 N–H and O–H groups in total. The fourth-order valence-corrected chi connectivity index (χ4v) is 1.87. The van der Waals surface area contributed by atoms with Crippen LogP contribution in [0.1, 0.15) is 6.42 Å². The highest BCUT2D eigenvalue weighted by atomic mass is 16.6. The van der Waals surface area contributed by atoms with Gasteiger partial charge >= 0.3 is 11.9 Å². The van der Waals surface area contributed by atoms with E-state index in [9.17, 15) is 34.8 Å². The van der Waals surface area contributed by atoms with E-state index in [1.807, 2.05) is 0 Å². The number of carboxylic acids is 2. The molecule has 0 spiro atoms. The summed E-state index contributed by atoms with van der Waals surface area (Å²) in [5.41, 5.74) is 0. The van der Waals surface area contributed by atoms with E-state index in [1.165, 1.54) is 0 Å². The van der Waals surface area contributed by atoms with E-state index in [1.54, 1.807) is 0 Å². The van der Waals surface area contributed by atoms with Gasteiger partial charge in [0.1, 0.15) is 18.3 Å². The molecule has 0 aromatic rings. The number of hydrogen-bond donors (Lipinski definition) is 7. The van der Waals surface area contributed by atoms with Gasteiger partial charge in [0.05, 0.1) is 0 Å². The first-order chi connectivity index (χ1) is 10.2. The maximum atomic E-state index is 11.7. The number of amides is 1. The Balaban J connectivity index is 2.55. The number of nitrogens with one attached hydrogen (secondary N) is 1. The van der Waals surface area contributed by atoms with E-state index in [2.05, 4.69) is 10.1 Å². The number of ether oxygens (including phenoxy) is 1. The van der Waals surface area contributed by atoms with Crippen LogP contribution in [0, 0.1) is 5.92 Å². The van der Waals surface area contributed by atoms with Crippen molar-refractivity contribution in [3.8, 4) is 0 Å². The molecule has 0 aromatic heterocycles. The Morgan fingerprint density at radius 1 is 0.955 bits per heavy atom. The predicted molar refractivity (Wildman–Crippen MR) is 65.3 cm³/mol. The van der Waals surface area contributed by atoms with Gasteiger partial charge in [-0.3, -0.25) is 14.4 Å². The number of carboxylic acid groups (broad SMARTS) is 2. The molecule has 22 heavy (non-hydrogen) atoms. The molecule has 1 unspecified atom stereocenters. The van der Waals surface area contributed by atoms with Crippen molar-refractivity contribution in [2.24, 2.45) is 5.92 Å². The molecule has 11 heteroatoms. The lowest BCUT2D eigenvalue weighted by Crippen LogP contribution is -2.61. The third kappa shape index (κ3) is 4.11. The van der Waals surface area contributed by atoms with E-state index in [0.29, 0.717) is 0 Å². The van der Waals surface area contributed by atoms with Crippen LogP contribution in [0.15, 0.2) is 0 Å². The zero-order valence-electron chi connectivity index (χ0n) is 11.2. The lowest BCUT2D eigenvalue weighted by Gasteiger charge is -2.37. The maximum absolute atomic E-state index is 11.7. The highest BCUT2D eigenvalue weighted by Crippen LogP contribution is 2.19. The van der Waals surface area contributed by atoms with Crippen LogP contribution in [0.4, 0.5) is 0 Å². The molecule has 11 nitrogen and oxygen atoms in total. The van der Waals surface area contributed by atoms with Gasteiger partial charge in [-0.1, -0.05) is 0 Å². The molecule has 0 radical (unpaired) electrons. The summed E-state index contributed by atoms with van der Waals surface area (Å²) in [5.74, 6) is -5.84. The van der Waals surface area contributed by atoms with Crippen molar-refractivity contribution >= 4 is 17.8 Å². The Labute approximate surface area is 123 Å². The van der Waals surface area contributed by atoms with E-state index < -0.39 is 60.9 Å². The smallest absolute Gasteiger partial charge is 0.317 e. The van der Waals surface area contributed by atoms with Crippen LogP contribution in [0.3, 0.4) is 0 Å². The summed E-state index contributed by atoms with van der Waals surface area (Å²) in [4.78, 5) is 33.0. The van der Waals surface area contributed by atoms with Crippen molar-refractivity contribution in [3.05, 3.63) is 0 Å². The second-order valence-corrected chi connectivity index (χ2v) is 4.73. The summed E-state index contributed by atoms with van der Waals surface area (Å²) in [6, 6.07) is 0. The van der Waals surface area contributed by atoms with Crippen molar-refractivity contribution in [2.45, 2.75) is 37.1 Å². The molecule has 5 atom stereocenters. The summed E-state index contributed by atoms with van der Waals surface area (Å²) in [7, 11) is 0. The van der Waals surface area contributed by atoms with Crippen LogP contribution < -0.4 is 5.32 Å². The van der Waals surface area contributed by atoms with Crippen molar-refractivity contribution in [2.75, 3.05) is 6.54 Å². The number of aliphatic hydroxyl groups is 4. The van der Waals surface area contributed by atoms with Crippen LogP contribution in [0.2, 0.25) is 0 Å². The van der Waals surface area contributed by atoms with Crippen molar-refractivity contribution in [3.63, 3.8) is 0 Å². The molecule has 0 aromatic carbocycles. The SMILES string of the molecule is O=C(O)C(CCNC(=O)[C@H]1OC(O)[C@H](O)[C@@H](O)[C@@H]1O)C(=O)O. The number of carbonyl (C=O) groups is 3.